The summed E-state index contributed by atoms with van der Waals surface area (Å²) in [5.74, 6) is 0.682. The molecule has 0 bridgehead atoms. The van der Waals surface area contributed by atoms with Crippen LogP contribution in [0, 0.1) is 5.82 Å². The lowest BCUT2D eigenvalue weighted by atomic mass is 9.82. The molecule has 0 aromatic heterocycles. The highest BCUT2D eigenvalue weighted by molar-refractivity contribution is 5.48. The number of fused-ring (bicyclic) bond motifs is 1. The molecule has 1 aliphatic carbocycles. The van der Waals surface area contributed by atoms with Gasteiger partial charge in [0.15, 0.2) is 0 Å². The molecule has 41 heavy (non-hydrogen) atoms. The number of nitrogens with two attached hydrogens (primary N) is 1. The predicted molar refractivity (Wildman–Crippen MR) is 153 cm³/mol. The molecular formula is C33H37F4N3O. The second-order valence-electron chi connectivity index (χ2n) is 12.0. The maximum Gasteiger partial charge on any atom is 0.416 e. The van der Waals surface area contributed by atoms with Crippen molar-refractivity contribution < 1.29 is 22.3 Å². The molecule has 0 saturated carbocycles. The molecule has 2 N–H and O–H groups in total. The Balaban J connectivity index is 1.00. The van der Waals surface area contributed by atoms with E-state index in [1.54, 1.807) is 12.1 Å². The Kier molecular flexibility index (Phi) is 7.72. The molecule has 3 aromatic carbocycles. The molecule has 0 amide bonds. The number of hydrogen-bond donors (Lipinski definition) is 1. The van der Waals surface area contributed by atoms with Crippen LogP contribution in [0.5, 0.6) is 5.75 Å². The number of ether oxygens (including phenoxy) is 1. The molecule has 1 unspecified atom stereocenters. The van der Waals surface area contributed by atoms with E-state index in [1.807, 2.05) is 12.1 Å². The van der Waals surface area contributed by atoms with Crippen LogP contribution in [0.2, 0.25) is 0 Å². The van der Waals surface area contributed by atoms with E-state index in [-0.39, 0.29) is 17.5 Å². The Morgan fingerprint density at radius 3 is 2.20 bits per heavy atom. The summed E-state index contributed by atoms with van der Waals surface area (Å²) in [6.45, 7) is 3.42. The van der Waals surface area contributed by atoms with E-state index in [9.17, 15) is 17.6 Å². The minimum atomic E-state index is -4.31. The molecule has 3 aliphatic rings. The number of benzene rings is 3. The van der Waals surface area contributed by atoms with Gasteiger partial charge in [0.1, 0.15) is 17.7 Å². The van der Waals surface area contributed by atoms with Gasteiger partial charge in [-0.3, -0.25) is 4.90 Å². The summed E-state index contributed by atoms with van der Waals surface area (Å²) < 4.78 is 58.3. The Bertz CT molecular complexity index is 1330. The van der Waals surface area contributed by atoms with Crippen LogP contribution in [-0.4, -0.2) is 42.7 Å². The highest BCUT2D eigenvalue weighted by atomic mass is 19.4. The Morgan fingerprint density at radius 1 is 0.854 bits per heavy atom. The zero-order valence-corrected chi connectivity index (χ0v) is 23.2. The van der Waals surface area contributed by atoms with Crippen LogP contribution in [0.25, 0.3) is 0 Å². The summed E-state index contributed by atoms with van der Waals surface area (Å²) in [6, 6.07) is 19.0. The number of halogens is 4. The first kappa shape index (κ1) is 28.0. The Morgan fingerprint density at radius 2 is 1.54 bits per heavy atom. The van der Waals surface area contributed by atoms with Crippen molar-refractivity contribution in [3.63, 3.8) is 0 Å². The van der Waals surface area contributed by atoms with Gasteiger partial charge < -0.3 is 15.4 Å². The van der Waals surface area contributed by atoms with Crippen LogP contribution in [0.3, 0.4) is 0 Å². The summed E-state index contributed by atoms with van der Waals surface area (Å²) in [5.41, 5.74) is 10.6. The first-order valence-electron chi connectivity index (χ1n) is 14.6. The van der Waals surface area contributed by atoms with Crippen LogP contribution < -0.4 is 15.4 Å². The fraction of sp³-hybridized carbons (Fsp3) is 0.455. The van der Waals surface area contributed by atoms with Crippen molar-refractivity contribution in [1.29, 1.82) is 0 Å². The van der Waals surface area contributed by atoms with Crippen molar-refractivity contribution in [3.8, 4) is 5.75 Å². The van der Waals surface area contributed by atoms with Gasteiger partial charge in [-0.1, -0.05) is 18.2 Å². The van der Waals surface area contributed by atoms with E-state index in [4.69, 9.17) is 10.5 Å². The smallest absolute Gasteiger partial charge is 0.416 e. The first-order valence-corrected chi connectivity index (χ1v) is 14.6. The lowest BCUT2D eigenvalue weighted by Gasteiger charge is -2.42. The van der Waals surface area contributed by atoms with Gasteiger partial charge in [0.25, 0.3) is 0 Å². The second-order valence-corrected chi connectivity index (χ2v) is 12.0. The molecule has 6 rings (SSSR count). The van der Waals surface area contributed by atoms with Crippen molar-refractivity contribution >= 4 is 5.69 Å². The topological polar surface area (TPSA) is 41.7 Å². The maximum atomic E-state index is 13.3. The predicted octanol–water partition coefficient (Wildman–Crippen LogP) is 6.92. The number of likely N-dealkylation sites (tertiary alicyclic amines) is 1. The zero-order valence-electron chi connectivity index (χ0n) is 23.2. The van der Waals surface area contributed by atoms with Crippen LogP contribution >= 0.6 is 0 Å². The minimum absolute atomic E-state index is 0.0943. The lowest BCUT2D eigenvalue weighted by Crippen LogP contribution is -2.52. The van der Waals surface area contributed by atoms with Crippen molar-refractivity contribution in [2.75, 3.05) is 31.1 Å². The van der Waals surface area contributed by atoms with Crippen LogP contribution in [0.4, 0.5) is 23.2 Å². The van der Waals surface area contributed by atoms with E-state index in [0.717, 1.165) is 100 Å². The van der Waals surface area contributed by atoms with Gasteiger partial charge in [0.05, 0.1) is 5.56 Å². The van der Waals surface area contributed by atoms with E-state index in [1.165, 1.54) is 23.3 Å². The zero-order chi connectivity index (χ0) is 28.6. The van der Waals surface area contributed by atoms with Gasteiger partial charge in [-0.05, 0) is 97.3 Å². The molecule has 2 heterocycles. The molecular weight excluding hydrogens is 530 g/mol. The standard InChI is InChI=1S/C33H37F4N3O/c34-26-6-1-23(2-7-26)22-32(38)15-19-40(20-16-32)31-12-3-24-21-29(10-11-30(24)31)41-28-13-17-39(18-14-28)27-8-4-25(5-9-27)33(35,36)37/h1-2,4-11,21,28,31H,3,12-20,22,38H2. The third-order valence-corrected chi connectivity index (χ3v) is 9.17. The van der Waals surface area contributed by atoms with E-state index in [0.29, 0.717) is 6.04 Å². The van der Waals surface area contributed by atoms with Crippen LogP contribution in [-0.2, 0) is 19.0 Å². The number of piperidine rings is 2. The third-order valence-electron chi connectivity index (χ3n) is 9.17. The number of nitrogens with zero attached hydrogens (tertiary/aromatic N) is 2. The lowest BCUT2D eigenvalue weighted by molar-refractivity contribution is -0.137. The number of hydrogen-bond acceptors (Lipinski definition) is 4. The van der Waals surface area contributed by atoms with Crippen molar-refractivity contribution in [3.05, 3.63) is 94.8 Å². The Hall–Kier alpha value is -3.10. The number of aryl methyl sites for hydroxylation is 1. The molecule has 2 fully saturated rings. The van der Waals surface area contributed by atoms with Gasteiger partial charge in [-0.25, -0.2) is 4.39 Å². The van der Waals surface area contributed by atoms with Crippen molar-refractivity contribution in [2.24, 2.45) is 5.73 Å². The van der Waals surface area contributed by atoms with E-state index in [2.05, 4.69) is 28.0 Å². The molecule has 3 aromatic rings. The molecule has 8 heteroatoms. The van der Waals surface area contributed by atoms with Crippen LogP contribution in [0.1, 0.15) is 60.4 Å². The minimum Gasteiger partial charge on any atom is -0.490 e. The highest BCUT2D eigenvalue weighted by Gasteiger charge is 2.36. The number of alkyl halides is 3. The monoisotopic (exact) mass is 567 g/mol. The second kappa shape index (κ2) is 11.3. The van der Waals surface area contributed by atoms with Gasteiger partial charge >= 0.3 is 6.18 Å². The first-order chi connectivity index (χ1) is 19.6. The summed E-state index contributed by atoms with van der Waals surface area (Å²) in [7, 11) is 0. The molecule has 218 valence electrons. The molecule has 0 radical (unpaired) electrons. The maximum absolute atomic E-state index is 13.3. The molecule has 0 spiro atoms. The van der Waals surface area contributed by atoms with Gasteiger partial charge in [-0.2, -0.15) is 13.2 Å². The van der Waals surface area contributed by atoms with E-state index >= 15 is 0 Å². The van der Waals surface area contributed by atoms with Gasteiger partial charge in [-0.15, -0.1) is 0 Å². The number of anilines is 1. The van der Waals surface area contributed by atoms with Crippen molar-refractivity contribution in [1.82, 2.24) is 4.90 Å². The summed E-state index contributed by atoms with van der Waals surface area (Å²) in [5, 5.41) is 0. The van der Waals surface area contributed by atoms with Gasteiger partial charge in [0.2, 0.25) is 0 Å². The average Bonchev–Trinajstić information content (AvgIpc) is 3.38. The quantitative estimate of drug-likeness (QED) is 0.329. The van der Waals surface area contributed by atoms with Gasteiger partial charge in [0, 0.05) is 56.3 Å². The third kappa shape index (κ3) is 6.38. The summed E-state index contributed by atoms with van der Waals surface area (Å²) in [4.78, 5) is 4.70. The average molecular weight is 568 g/mol. The molecule has 2 saturated heterocycles. The fourth-order valence-electron chi connectivity index (χ4n) is 6.78. The molecule has 1 atom stereocenters. The fourth-order valence-corrected chi connectivity index (χ4v) is 6.78. The normalized spacial score (nSPS) is 21.6. The number of rotatable bonds is 6. The van der Waals surface area contributed by atoms with E-state index < -0.39 is 11.7 Å². The molecule has 4 nitrogen and oxygen atoms in total. The van der Waals surface area contributed by atoms with Crippen LogP contribution in [0.15, 0.2) is 66.7 Å². The summed E-state index contributed by atoms with van der Waals surface area (Å²) in [6.07, 6.45) is 2.17. The Labute approximate surface area is 239 Å². The van der Waals surface area contributed by atoms with Crippen molar-refractivity contribution in [2.45, 2.75) is 68.8 Å². The summed E-state index contributed by atoms with van der Waals surface area (Å²) >= 11 is 0. The highest BCUT2D eigenvalue weighted by Crippen LogP contribution is 2.40. The molecule has 2 aliphatic heterocycles. The SMILES string of the molecule is NC1(Cc2ccc(F)cc2)CCN(C2CCc3cc(OC4CCN(c5ccc(C(F)(F)F)cc5)CC4)ccc32)CC1. The largest absolute Gasteiger partial charge is 0.490 e.